The molecule has 25 heavy (non-hydrogen) atoms. The van der Waals surface area contributed by atoms with Crippen molar-refractivity contribution in [2.24, 2.45) is 0 Å². The lowest BCUT2D eigenvalue weighted by molar-refractivity contribution is 0.102. The predicted octanol–water partition coefficient (Wildman–Crippen LogP) is 5.95. The van der Waals surface area contributed by atoms with E-state index in [4.69, 9.17) is 11.6 Å². The zero-order valence-corrected chi connectivity index (χ0v) is 16.2. The number of rotatable bonds is 3. The molecule has 3 nitrogen and oxygen atoms in total. The molecule has 0 bridgehead atoms. The number of hydrogen-bond acceptors (Lipinski definition) is 3. The van der Waals surface area contributed by atoms with Gasteiger partial charge in [-0.2, -0.15) is 0 Å². The Morgan fingerprint density at radius 1 is 1.04 bits per heavy atom. The molecule has 1 N–H and O–H groups in total. The summed E-state index contributed by atoms with van der Waals surface area (Å²) in [6.45, 7) is 7.95. The van der Waals surface area contributed by atoms with Crippen LogP contribution in [-0.2, 0) is 0 Å². The van der Waals surface area contributed by atoms with Gasteiger partial charge in [0.2, 0.25) is 0 Å². The summed E-state index contributed by atoms with van der Waals surface area (Å²) in [5, 5.41) is 4.24. The topological polar surface area (TPSA) is 42.0 Å². The first-order valence-electron chi connectivity index (χ1n) is 7.97. The summed E-state index contributed by atoms with van der Waals surface area (Å²) in [4.78, 5) is 18.4. The Kier molecular flexibility index (Phi) is 4.93. The van der Waals surface area contributed by atoms with E-state index in [-0.39, 0.29) is 5.91 Å². The maximum absolute atomic E-state index is 12.7. The lowest BCUT2D eigenvalue weighted by Crippen LogP contribution is -2.15. The van der Waals surface area contributed by atoms with Crippen molar-refractivity contribution in [3.63, 3.8) is 0 Å². The van der Waals surface area contributed by atoms with Gasteiger partial charge in [-0.05, 0) is 51.0 Å². The van der Waals surface area contributed by atoms with Crippen molar-refractivity contribution in [2.75, 3.05) is 5.32 Å². The molecule has 0 saturated heterocycles. The highest BCUT2D eigenvalue weighted by atomic mass is 35.5. The van der Waals surface area contributed by atoms with Crippen molar-refractivity contribution in [2.45, 2.75) is 27.7 Å². The second-order valence-corrected chi connectivity index (χ2v) is 7.80. The fraction of sp³-hybridized carbons (Fsp3) is 0.200. The third-order valence-corrected chi connectivity index (χ3v) is 5.18. The van der Waals surface area contributed by atoms with Gasteiger partial charge in [-0.1, -0.05) is 41.4 Å². The largest absolute Gasteiger partial charge is 0.298 e. The van der Waals surface area contributed by atoms with Crippen molar-refractivity contribution in [3.8, 4) is 11.3 Å². The number of thiazole rings is 1. The summed E-state index contributed by atoms with van der Waals surface area (Å²) in [5.74, 6) is -0.119. The van der Waals surface area contributed by atoms with Gasteiger partial charge in [-0.3, -0.25) is 10.1 Å². The van der Waals surface area contributed by atoms with Crippen LogP contribution in [0.5, 0.6) is 0 Å². The molecule has 0 atom stereocenters. The van der Waals surface area contributed by atoms with Crippen LogP contribution in [0.15, 0.2) is 36.4 Å². The van der Waals surface area contributed by atoms with Crippen LogP contribution in [0, 0.1) is 27.7 Å². The van der Waals surface area contributed by atoms with E-state index in [1.165, 1.54) is 11.3 Å². The van der Waals surface area contributed by atoms with Crippen LogP contribution >= 0.6 is 22.9 Å². The fourth-order valence-corrected chi connectivity index (χ4v) is 3.98. The quantitative estimate of drug-likeness (QED) is 0.619. The van der Waals surface area contributed by atoms with E-state index in [1.54, 1.807) is 0 Å². The van der Waals surface area contributed by atoms with Gasteiger partial charge < -0.3 is 0 Å². The first-order chi connectivity index (χ1) is 11.8. The van der Waals surface area contributed by atoms with Crippen molar-refractivity contribution < 1.29 is 4.79 Å². The molecule has 0 unspecified atom stereocenters. The van der Waals surface area contributed by atoms with Gasteiger partial charge in [0.25, 0.3) is 5.91 Å². The molecule has 0 aliphatic carbocycles. The number of carbonyl (C=O) groups is 1. The number of hydrogen-bond donors (Lipinski definition) is 1. The number of halogens is 1. The van der Waals surface area contributed by atoms with E-state index in [2.05, 4.69) is 10.3 Å². The lowest BCUT2D eigenvalue weighted by atomic mass is 9.99. The minimum Gasteiger partial charge on any atom is -0.298 e. The Bertz CT molecular complexity index is 922. The summed E-state index contributed by atoms with van der Waals surface area (Å²) in [7, 11) is 0. The third-order valence-electron chi connectivity index (χ3n) is 4.04. The minimum absolute atomic E-state index is 0.119. The number of benzene rings is 2. The summed E-state index contributed by atoms with van der Waals surface area (Å²) in [6, 6.07) is 11.6. The molecule has 1 heterocycles. The van der Waals surface area contributed by atoms with Crippen LogP contribution in [0.4, 0.5) is 5.13 Å². The second kappa shape index (κ2) is 6.98. The molecular formula is C20H19ClN2OS. The number of nitrogens with one attached hydrogen (secondary N) is 1. The molecule has 1 amide bonds. The molecule has 0 saturated carbocycles. The number of nitrogens with zero attached hydrogens (tertiary/aromatic N) is 1. The number of carbonyl (C=O) groups excluding carboxylic acids is 1. The van der Waals surface area contributed by atoms with Gasteiger partial charge in [0, 0.05) is 21.0 Å². The Balaban J connectivity index is 1.88. The molecule has 0 aliphatic rings. The molecular weight excluding hydrogens is 352 g/mol. The first-order valence-corrected chi connectivity index (χ1v) is 9.17. The highest BCUT2D eigenvalue weighted by molar-refractivity contribution is 7.16. The van der Waals surface area contributed by atoms with Crippen molar-refractivity contribution in [1.82, 2.24) is 4.98 Å². The minimum atomic E-state index is -0.119. The average Bonchev–Trinajstić information content (AvgIpc) is 2.87. The van der Waals surface area contributed by atoms with Crippen LogP contribution in [0.2, 0.25) is 5.02 Å². The van der Waals surface area contributed by atoms with Gasteiger partial charge in [0.05, 0.1) is 5.69 Å². The van der Waals surface area contributed by atoms with E-state index in [9.17, 15) is 4.79 Å². The monoisotopic (exact) mass is 370 g/mol. The zero-order chi connectivity index (χ0) is 18.1. The van der Waals surface area contributed by atoms with Gasteiger partial charge in [-0.25, -0.2) is 4.98 Å². The van der Waals surface area contributed by atoms with Crippen LogP contribution in [0.3, 0.4) is 0 Å². The van der Waals surface area contributed by atoms with E-state index in [0.29, 0.717) is 15.7 Å². The molecule has 5 heteroatoms. The fourth-order valence-electron chi connectivity index (χ4n) is 3.02. The van der Waals surface area contributed by atoms with Crippen LogP contribution < -0.4 is 5.32 Å². The van der Waals surface area contributed by atoms with Crippen LogP contribution in [-0.4, -0.2) is 10.9 Å². The van der Waals surface area contributed by atoms with E-state index >= 15 is 0 Å². The highest BCUT2D eigenvalue weighted by Gasteiger charge is 2.16. The summed E-state index contributed by atoms with van der Waals surface area (Å²) in [5.41, 5.74) is 5.67. The van der Waals surface area contributed by atoms with Gasteiger partial charge in [-0.15, -0.1) is 11.3 Å². The molecule has 3 aromatic rings. The lowest BCUT2D eigenvalue weighted by Gasteiger charge is -2.10. The standard InChI is InChI=1S/C20H19ClN2OS/c1-11-9-12(2)17(13(3)10-11)19(24)23-20-22-18(14(4)25-20)15-5-7-16(21)8-6-15/h5-10H,1-4H3,(H,22,23,24). The van der Waals surface area contributed by atoms with Crippen molar-refractivity contribution in [1.29, 1.82) is 0 Å². The molecule has 128 valence electrons. The van der Waals surface area contributed by atoms with E-state index in [0.717, 1.165) is 32.8 Å². The predicted molar refractivity (Wildman–Crippen MR) is 106 cm³/mol. The second-order valence-electron chi connectivity index (χ2n) is 6.16. The van der Waals surface area contributed by atoms with Crippen molar-refractivity contribution in [3.05, 3.63) is 68.6 Å². The number of amides is 1. The van der Waals surface area contributed by atoms with Crippen LogP contribution in [0.1, 0.15) is 31.9 Å². The Labute approximate surface area is 156 Å². The van der Waals surface area contributed by atoms with Gasteiger partial charge in [0.1, 0.15) is 0 Å². The van der Waals surface area contributed by atoms with Crippen molar-refractivity contribution >= 4 is 34.0 Å². The molecule has 1 aromatic heterocycles. The summed E-state index contributed by atoms with van der Waals surface area (Å²) in [6.07, 6.45) is 0. The molecule has 0 spiro atoms. The summed E-state index contributed by atoms with van der Waals surface area (Å²) >= 11 is 7.42. The molecule has 2 aromatic carbocycles. The molecule has 0 radical (unpaired) electrons. The van der Waals surface area contributed by atoms with Gasteiger partial charge in [0.15, 0.2) is 5.13 Å². The maximum Gasteiger partial charge on any atom is 0.257 e. The van der Waals surface area contributed by atoms with Crippen LogP contribution in [0.25, 0.3) is 11.3 Å². The van der Waals surface area contributed by atoms with E-state index < -0.39 is 0 Å². The molecule has 0 aliphatic heterocycles. The average molecular weight is 371 g/mol. The smallest absolute Gasteiger partial charge is 0.257 e. The van der Waals surface area contributed by atoms with Gasteiger partial charge >= 0.3 is 0 Å². The molecule has 3 rings (SSSR count). The highest BCUT2D eigenvalue weighted by Crippen LogP contribution is 2.31. The zero-order valence-electron chi connectivity index (χ0n) is 14.6. The number of aryl methyl sites for hydroxylation is 4. The SMILES string of the molecule is Cc1cc(C)c(C(=O)Nc2nc(-c3ccc(Cl)cc3)c(C)s2)c(C)c1. The Morgan fingerprint density at radius 3 is 2.24 bits per heavy atom. The normalized spacial score (nSPS) is 10.8. The number of aromatic nitrogens is 1. The number of anilines is 1. The third kappa shape index (κ3) is 3.75. The Hall–Kier alpha value is -2.17. The van der Waals surface area contributed by atoms with E-state index in [1.807, 2.05) is 64.1 Å². The Morgan fingerprint density at radius 2 is 1.64 bits per heavy atom. The molecule has 0 fully saturated rings. The first kappa shape index (κ1) is 17.6. The summed E-state index contributed by atoms with van der Waals surface area (Å²) < 4.78 is 0. The maximum atomic E-state index is 12.7.